The van der Waals surface area contributed by atoms with Gasteiger partial charge in [-0.05, 0) is 25.5 Å². The van der Waals surface area contributed by atoms with Crippen LogP contribution in [-0.4, -0.2) is 47.5 Å². The molecule has 0 aliphatic carbocycles. The molecule has 0 saturated heterocycles. The average Bonchev–Trinajstić information content (AvgIpc) is 2.68. The molecule has 9 heteroatoms. The van der Waals surface area contributed by atoms with Gasteiger partial charge in [0, 0.05) is 25.7 Å². The molecule has 2 N–H and O–H groups in total. The molecule has 1 heterocycles. The molecule has 1 unspecified atom stereocenters. The van der Waals surface area contributed by atoms with Crippen molar-refractivity contribution in [3.63, 3.8) is 0 Å². The third-order valence-corrected chi connectivity index (χ3v) is 4.84. The van der Waals surface area contributed by atoms with Crippen molar-refractivity contribution in [1.82, 2.24) is 14.6 Å². The highest BCUT2D eigenvalue weighted by Gasteiger charge is 2.26. The number of hydrogen-bond acceptors (Lipinski definition) is 5. The van der Waals surface area contributed by atoms with Crippen LogP contribution in [0.3, 0.4) is 0 Å². The summed E-state index contributed by atoms with van der Waals surface area (Å²) in [5.41, 5.74) is 0.533. The lowest BCUT2D eigenvalue weighted by atomic mass is 10.0. The summed E-state index contributed by atoms with van der Waals surface area (Å²) in [4.78, 5) is 35.8. The minimum atomic E-state index is -0.734. The van der Waals surface area contributed by atoms with Crippen LogP contribution in [0.1, 0.15) is 38.4 Å². The van der Waals surface area contributed by atoms with Gasteiger partial charge in [-0.2, -0.15) is 0 Å². The number of nitrogens with zero attached hydrogens (tertiary/aromatic N) is 4. The van der Waals surface area contributed by atoms with Crippen molar-refractivity contribution >= 4 is 23.3 Å². The number of amidine groups is 1. The highest BCUT2D eigenvalue weighted by molar-refractivity contribution is 6.32. The summed E-state index contributed by atoms with van der Waals surface area (Å²) in [5, 5.41) is 0.441. The van der Waals surface area contributed by atoms with E-state index in [2.05, 4.69) is 9.98 Å². The van der Waals surface area contributed by atoms with Gasteiger partial charge >= 0.3 is 0 Å². The Morgan fingerprint density at radius 3 is 2.66 bits per heavy atom. The lowest BCUT2D eigenvalue weighted by Crippen LogP contribution is -2.34. The van der Waals surface area contributed by atoms with Crippen molar-refractivity contribution in [1.29, 1.82) is 0 Å². The van der Waals surface area contributed by atoms with Crippen LogP contribution in [0, 0.1) is 0 Å². The fraction of sp³-hybridized carbons (Fsp3) is 0.400. The maximum Gasteiger partial charge on any atom is 0.272 e. The van der Waals surface area contributed by atoms with E-state index in [-0.39, 0.29) is 5.82 Å². The van der Waals surface area contributed by atoms with Crippen LogP contribution in [0.25, 0.3) is 11.3 Å². The van der Waals surface area contributed by atoms with E-state index in [0.29, 0.717) is 40.7 Å². The van der Waals surface area contributed by atoms with Crippen molar-refractivity contribution in [2.24, 2.45) is 4.99 Å². The van der Waals surface area contributed by atoms with E-state index in [0.717, 1.165) is 4.68 Å². The number of carbonyl (C=O) groups excluding carboxylic acids is 1. The molecule has 0 fully saturated rings. The summed E-state index contributed by atoms with van der Waals surface area (Å²) in [6, 6.07) is 6.38. The number of nitrogen functional groups attached to an aromatic ring is 1. The van der Waals surface area contributed by atoms with Gasteiger partial charge in [-0.15, -0.1) is 0 Å². The van der Waals surface area contributed by atoms with Crippen LogP contribution < -0.4 is 16.1 Å². The molecular weight excluding hydrogens is 394 g/mol. The predicted molar refractivity (Wildman–Crippen MR) is 115 cm³/mol. The molecular formula is C20H26ClN5O3. The van der Waals surface area contributed by atoms with Crippen LogP contribution in [0.15, 0.2) is 34.1 Å². The molecule has 0 aliphatic heterocycles. The highest BCUT2D eigenvalue weighted by Crippen LogP contribution is 2.30. The molecule has 0 bridgehead atoms. The third kappa shape index (κ3) is 5.14. The number of rotatable bonds is 6. The number of ether oxygens (including phenoxy) is 1. The molecule has 1 atom stereocenters. The van der Waals surface area contributed by atoms with Crippen LogP contribution in [-0.2, 0) is 4.79 Å². The number of nitrogens with two attached hydrogens (primary N) is 1. The minimum absolute atomic E-state index is 0.170. The Bertz CT molecular complexity index is 985. The molecule has 8 nitrogen and oxygen atoms in total. The fourth-order valence-electron chi connectivity index (χ4n) is 2.71. The molecule has 156 valence electrons. The van der Waals surface area contributed by atoms with Gasteiger partial charge in [0.15, 0.2) is 0 Å². The van der Waals surface area contributed by atoms with Gasteiger partial charge in [0.2, 0.25) is 0 Å². The van der Waals surface area contributed by atoms with Gasteiger partial charge in [0.05, 0.1) is 17.8 Å². The third-order valence-electron chi connectivity index (χ3n) is 4.53. The standard InChI is InChI=1S/C20H26ClN5O3/c1-6-7-14(20(28)23-12(2)25(3)4)19-24-16(11-18(27)26(19)22)13-8-9-15(21)17(10-13)29-5/h8-11,14H,6-7,22H2,1-5H3. The first-order valence-electron chi connectivity index (χ1n) is 9.19. The molecule has 0 aliphatic rings. The van der Waals surface area contributed by atoms with E-state index in [1.165, 1.54) is 13.2 Å². The normalized spacial score (nSPS) is 12.6. The SMILES string of the molecule is CCCC(C(=O)N=C(C)N(C)C)c1nc(-c2ccc(Cl)c(OC)c2)cc(=O)n1N. The number of methoxy groups -OCH3 is 1. The Morgan fingerprint density at radius 2 is 2.07 bits per heavy atom. The van der Waals surface area contributed by atoms with Gasteiger partial charge in [0.1, 0.15) is 23.3 Å². The summed E-state index contributed by atoms with van der Waals surface area (Å²) in [6.07, 6.45) is 1.15. The smallest absolute Gasteiger partial charge is 0.272 e. The lowest BCUT2D eigenvalue weighted by molar-refractivity contribution is -0.119. The molecule has 2 rings (SSSR count). The van der Waals surface area contributed by atoms with Crippen LogP contribution in [0.4, 0.5) is 0 Å². The van der Waals surface area contributed by atoms with Crippen molar-refractivity contribution in [3.05, 3.63) is 45.5 Å². The summed E-state index contributed by atoms with van der Waals surface area (Å²) in [5.74, 6) is 6.01. The number of hydrogen-bond donors (Lipinski definition) is 1. The molecule has 0 spiro atoms. The molecule has 1 aromatic carbocycles. The van der Waals surface area contributed by atoms with Crippen molar-refractivity contribution < 1.29 is 9.53 Å². The van der Waals surface area contributed by atoms with Gasteiger partial charge < -0.3 is 15.5 Å². The lowest BCUT2D eigenvalue weighted by Gasteiger charge is -2.18. The Kier molecular flexibility index (Phi) is 7.39. The zero-order valence-corrected chi connectivity index (χ0v) is 18.0. The monoisotopic (exact) mass is 419 g/mol. The number of aromatic nitrogens is 2. The molecule has 29 heavy (non-hydrogen) atoms. The Balaban J connectivity index is 2.60. The number of carbonyl (C=O) groups is 1. The van der Waals surface area contributed by atoms with Crippen LogP contribution in [0.2, 0.25) is 5.02 Å². The fourth-order valence-corrected chi connectivity index (χ4v) is 2.91. The van der Waals surface area contributed by atoms with Crippen molar-refractivity contribution in [3.8, 4) is 17.0 Å². The van der Waals surface area contributed by atoms with E-state index in [9.17, 15) is 9.59 Å². The molecule has 0 saturated carbocycles. The Morgan fingerprint density at radius 1 is 1.38 bits per heavy atom. The molecule has 0 radical (unpaired) electrons. The highest BCUT2D eigenvalue weighted by atomic mass is 35.5. The van der Waals surface area contributed by atoms with Crippen molar-refractivity contribution in [2.45, 2.75) is 32.6 Å². The molecule has 1 aromatic heterocycles. The van der Waals surface area contributed by atoms with Crippen LogP contribution >= 0.6 is 11.6 Å². The summed E-state index contributed by atoms with van der Waals surface area (Å²) in [7, 11) is 5.10. The number of benzene rings is 1. The zero-order valence-electron chi connectivity index (χ0n) is 17.3. The topological polar surface area (TPSA) is 103 Å². The second-order valence-electron chi connectivity index (χ2n) is 6.79. The van der Waals surface area contributed by atoms with E-state index < -0.39 is 17.4 Å². The van der Waals surface area contributed by atoms with Gasteiger partial charge in [-0.1, -0.05) is 31.0 Å². The number of halogens is 1. The number of aliphatic imine (C=N–C) groups is 1. The van der Waals surface area contributed by atoms with Crippen molar-refractivity contribution in [2.75, 3.05) is 27.0 Å². The average molecular weight is 420 g/mol. The van der Waals surface area contributed by atoms with E-state index in [1.54, 1.807) is 44.1 Å². The quantitative estimate of drug-likeness (QED) is 0.438. The van der Waals surface area contributed by atoms with E-state index in [4.69, 9.17) is 22.2 Å². The van der Waals surface area contributed by atoms with Gasteiger partial charge in [-0.25, -0.2) is 14.7 Å². The second kappa shape index (κ2) is 9.56. The van der Waals surface area contributed by atoms with E-state index >= 15 is 0 Å². The largest absolute Gasteiger partial charge is 0.495 e. The number of amides is 1. The minimum Gasteiger partial charge on any atom is -0.495 e. The van der Waals surface area contributed by atoms with Gasteiger partial charge in [0.25, 0.3) is 11.5 Å². The first kappa shape index (κ1) is 22.4. The maximum atomic E-state index is 12.8. The molecule has 2 aromatic rings. The predicted octanol–water partition coefficient (Wildman–Crippen LogP) is 2.68. The zero-order chi connectivity index (χ0) is 21.7. The Labute approximate surface area is 174 Å². The summed E-state index contributed by atoms with van der Waals surface area (Å²) >= 11 is 6.08. The van der Waals surface area contributed by atoms with E-state index in [1.807, 2.05) is 6.92 Å². The first-order valence-corrected chi connectivity index (χ1v) is 9.56. The summed E-state index contributed by atoms with van der Waals surface area (Å²) in [6.45, 7) is 3.68. The summed E-state index contributed by atoms with van der Waals surface area (Å²) < 4.78 is 6.15. The second-order valence-corrected chi connectivity index (χ2v) is 7.20. The molecule has 1 amide bonds. The maximum absolute atomic E-state index is 12.8. The van der Waals surface area contributed by atoms with Gasteiger partial charge in [-0.3, -0.25) is 9.59 Å². The Hall–Kier alpha value is -2.87. The first-order chi connectivity index (χ1) is 13.7. The van der Waals surface area contributed by atoms with Crippen LogP contribution in [0.5, 0.6) is 5.75 Å².